The molecular formula is C13H20N2O2. The Labute approximate surface area is 102 Å². The van der Waals surface area contributed by atoms with Crippen molar-refractivity contribution in [2.24, 2.45) is 0 Å². The number of hydrogen-bond donors (Lipinski definition) is 2. The van der Waals surface area contributed by atoms with Gasteiger partial charge in [0.2, 0.25) is 0 Å². The molecule has 0 fully saturated rings. The van der Waals surface area contributed by atoms with Gasteiger partial charge in [0.05, 0.1) is 0 Å². The molecule has 1 rings (SSSR count). The summed E-state index contributed by atoms with van der Waals surface area (Å²) in [7, 11) is 0. The predicted octanol–water partition coefficient (Wildman–Crippen LogP) is 2.88. The number of nitrogens with zero attached hydrogens (tertiary/aromatic N) is 1. The summed E-state index contributed by atoms with van der Waals surface area (Å²) in [5, 5.41) is 12.4. The molecule has 4 heteroatoms. The standard InChI is InChI=1S/C13H20N2O2/c1-5-15(6-2)13(17)14-11-7-10(4)12(16)8-9(11)3/h7-8,16H,5-6H2,1-4H3,(H,14,17). The van der Waals surface area contributed by atoms with Crippen LogP contribution in [0.2, 0.25) is 0 Å². The van der Waals surface area contributed by atoms with Crippen LogP contribution in [0.25, 0.3) is 0 Å². The Bertz CT molecular complexity index is 412. The lowest BCUT2D eigenvalue weighted by molar-refractivity contribution is 0.217. The third-order valence-corrected chi connectivity index (χ3v) is 2.84. The summed E-state index contributed by atoms with van der Waals surface area (Å²) in [5.74, 6) is 0.253. The van der Waals surface area contributed by atoms with Gasteiger partial charge in [-0.05, 0) is 51.0 Å². The number of hydrogen-bond acceptors (Lipinski definition) is 2. The van der Waals surface area contributed by atoms with E-state index in [0.717, 1.165) is 16.8 Å². The fraction of sp³-hybridized carbons (Fsp3) is 0.462. The van der Waals surface area contributed by atoms with E-state index in [2.05, 4.69) is 5.32 Å². The van der Waals surface area contributed by atoms with Crippen LogP contribution in [0.15, 0.2) is 12.1 Å². The van der Waals surface area contributed by atoms with E-state index in [1.54, 1.807) is 17.0 Å². The van der Waals surface area contributed by atoms with Gasteiger partial charge in [-0.25, -0.2) is 4.79 Å². The molecule has 0 atom stereocenters. The van der Waals surface area contributed by atoms with E-state index in [1.165, 1.54) is 0 Å². The number of amides is 2. The maximum atomic E-state index is 11.9. The molecule has 1 aromatic rings. The first-order valence-electron chi connectivity index (χ1n) is 5.85. The molecule has 0 heterocycles. The summed E-state index contributed by atoms with van der Waals surface area (Å²) in [6.45, 7) is 8.91. The number of carbonyl (C=O) groups excluding carboxylic acids is 1. The molecule has 0 unspecified atom stereocenters. The lowest BCUT2D eigenvalue weighted by Crippen LogP contribution is -2.34. The lowest BCUT2D eigenvalue weighted by Gasteiger charge is -2.20. The molecule has 0 aromatic heterocycles. The first-order valence-corrected chi connectivity index (χ1v) is 5.85. The Morgan fingerprint density at radius 2 is 1.82 bits per heavy atom. The first kappa shape index (κ1) is 13.4. The molecule has 0 saturated heterocycles. The van der Waals surface area contributed by atoms with Crippen molar-refractivity contribution in [2.45, 2.75) is 27.7 Å². The van der Waals surface area contributed by atoms with Crippen LogP contribution >= 0.6 is 0 Å². The third kappa shape index (κ3) is 3.12. The second-order valence-electron chi connectivity index (χ2n) is 4.06. The number of phenolic OH excluding ortho intramolecular Hbond substituents is 1. The van der Waals surface area contributed by atoms with Gasteiger partial charge in [-0.3, -0.25) is 0 Å². The Kier molecular flexibility index (Phi) is 4.37. The third-order valence-electron chi connectivity index (χ3n) is 2.84. The molecular weight excluding hydrogens is 216 g/mol. The zero-order valence-electron chi connectivity index (χ0n) is 10.9. The second-order valence-corrected chi connectivity index (χ2v) is 4.06. The van der Waals surface area contributed by atoms with E-state index in [4.69, 9.17) is 0 Å². The molecule has 1 aromatic carbocycles. The average molecular weight is 236 g/mol. The van der Waals surface area contributed by atoms with E-state index in [9.17, 15) is 9.90 Å². The monoisotopic (exact) mass is 236 g/mol. The van der Waals surface area contributed by atoms with Gasteiger partial charge in [0.1, 0.15) is 5.75 Å². The number of benzene rings is 1. The summed E-state index contributed by atoms with van der Waals surface area (Å²) in [6, 6.07) is 3.34. The van der Waals surface area contributed by atoms with Crippen molar-refractivity contribution in [1.82, 2.24) is 4.90 Å². The number of carbonyl (C=O) groups is 1. The Morgan fingerprint density at radius 3 is 2.35 bits per heavy atom. The van der Waals surface area contributed by atoms with Crippen molar-refractivity contribution >= 4 is 11.7 Å². The molecule has 0 radical (unpaired) electrons. The topological polar surface area (TPSA) is 52.6 Å². The maximum absolute atomic E-state index is 11.9. The summed E-state index contributed by atoms with van der Waals surface area (Å²) < 4.78 is 0. The minimum Gasteiger partial charge on any atom is -0.508 e. The largest absolute Gasteiger partial charge is 0.508 e. The molecule has 0 bridgehead atoms. The van der Waals surface area contributed by atoms with Crippen LogP contribution < -0.4 is 5.32 Å². The summed E-state index contributed by atoms with van der Waals surface area (Å²) in [5.41, 5.74) is 2.36. The molecule has 0 saturated carbocycles. The van der Waals surface area contributed by atoms with Crippen LogP contribution in [-0.2, 0) is 0 Å². The van der Waals surface area contributed by atoms with Gasteiger partial charge in [-0.1, -0.05) is 0 Å². The normalized spacial score (nSPS) is 10.1. The molecule has 0 spiro atoms. The van der Waals surface area contributed by atoms with Crippen molar-refractivity contribution in [2.75, 3.05) is 18.4 Å². The molecule has 17 heavy (non-hydrogen) atoms. The van der Waals surface area contributed by atoms with Crippen molar-refractivity contribution < 1.29 is 9.90 Å². The number of aromatic hydroxyl groups is 1. The van der Waals surface area contributed by atoms with E-state index >= 15 is 0 Å². The van der Waals surface area contributed by atoms with Gasteiger partial charge in [0.15, 0.2) is 0 Å². The van der Waals surface area contributed by atoms with Gasteiger partial charge >= 0.3 is 6.03 Å². The van der Waals surface area contributed by atoms with Crippen molar-refractivity contribution in [3.05, 3.63) is 23.3 Å². The highest BCUT2D eigenvalue weighted by atomic mass is 16.3. The highest BCUT2D eigenvalue weighted by Gasteiger charge is 2.11. The van der Waals surface area contributed by atoms with Gasteiger partial charge in [-0.2, -0.15) is 0 Å². The van der Waals surface area contributed by atoms with E-state index in [1.807, 2.05) is 27.7 Å². The van der Waals surface area contributed by atoms with Crippen LogP contribution in [0.4, 0.5) is 10.5 Å². The molecule has 4 nitrogen and oxygen atoms in total. The van der Waals surface area contributed by atoms with Crippen LogP contribution in [0.5, 0.6) is 5.75 Å². The number of urea groups is 1. The number of anilines is 1. The van der Waals surface area contributed by atoms with Crippen molar-refractivity contribution in [3.63, 3.8) is 0 Å². The molecule has 0 aliphatic heterocycles. The van der Waals surface area contributed by atoms with E-state index in [-0.39, 0.29) is 11.8 Å². The minimum absolute atomic E-state index is 0.108. The molecule has 0 aliphatic carbocycles. The summed E-state index contributed by atoms with van der Waals surface area (Å²) in [4.78, 5) is 13.6. The Hall–Kier alpha value is -1.71. The van der Waals surface area contributed by atoms with Gasteiger partial charge in [0, 0.05) is 18.8 Å². The zero-order chi connectivity index (χ0) is 13.0. The van der Waals surface area contributed by atoms with Crippen LogP contribution in [0.3, 0.4) is 0 Å². The lowest BCUT2D eigenvalue weighted by atomic mass is 10.1. The second kappa shape index (κ2) is 5.57. The number of nitrogens with one attached hydrogen (secondary N) is 1. The molecule has 2 amide bonds. The molecule has 94 valence electrons. The van der Waals surface area contributed by atoms with Crippen molar-refractivity contribution in [1.29, 1.82) is 0 Å². The maximum Gasteiger partial charge on any atom is 0.321 e. The number of phenols is 1. The van der Waals surface area contributed by atoms with Gasteiger partial charge in [-0.15, -0.1) is 0 Å². The van der Waals surface area contributed by atoms with Gasteiger partial charge in [0.25, 0.3) is 0 Å². The van der Waals surface area contributed by atoms with Crippen LogP contribution in [-0.4, -0.2) is 29.1 Å². The SMILES string of the molecule is CCN(CC)C(=O)Nc1cc(C)c(O)cc1C. The average Bonchev–Trinajstić information content (AvgIpc) is 2.27. The molecule has 2 N–H and O–H groups in total. The van der Waals surface area contributed by atoms with Crippen LogP contribution in [0, 0.1) is 13.8 Å². The van der Waals surface area contributed by atoms with E-state index in [0.29, 0.717) is 13.1 Å². The summed E-state index contributed by atoms with van der Waals surface area (Å²) in [6.07, 6.45) is 0. The van der Waals surface area contributed by atoms with Crippen LogP contribution in [0.1, 0.15) is 25.0 Å². The minimum atomic E-state index is -0.108. The fourth-order valence-electron chi connectivity index (χ4n) is 1.64. The molecule has 0 aliphatic rings. The Morgan fingerprint density at radius 1 is 1.24 bits per heavy atom. The zero-order valence-corrected chi connectivity index (χ0v) is 10.9. The van der Waals surface area contributed by atoms with Crippen molar-refractivity contribution in [3.8, 4) is 5.75 Å². The van der Waals surface area contributed by atoms with Gasteiger partial charge < -0.3 is 15.3 Å². The quantitative estimate of drug-likeness (QED) is 0.793. The van der Waals surface area contributed by atoms with E-state index < -0.39 is 0 Å². The predicted molar refractivity (Wildman–Crippen MR) is 69.5 cm³/mol. The fourth-order valence-corrected chi connectivity index (χ4v) is 1.64. The smallest absolute Gasteiger partial charge is 0.321 e. The number of aryl methyl sites for hydroxylation is 2. The number of rotatable bonds is 3. The Balaban J connectivity index is 2.88. The first-order chi connectivity index (χ1) is 7.99. The highest BCUT2D eigenvalue weighted by molar-refractivity contribution is 5.90. The highest BCUT2D eigenvalue weighted by Crippen LogP contribution is 2.25. The summed E-state index contributed by atoms with van der Waals surface area (Å²) >= 11 is 0.